The van der Waals surface area contributed by atoms with Gasteiger partial charge in [-0.1, -0.05) is 19.8 Å². The van der Waals surface area contributed by atoms with E-state index in [0.29, 0.717) is 12.6 Å². The van der Waals surface area contributed by atoms with Gasteiger partial charge in [-0.05, 0) is 32.6 Å². The van der Waals surface area contributed by atoms with Gasteiger partial charge in [0.05, 0.1) is 12.5 Å². The summed E-state index contributed by atoms with van der Waals surface area (Å²) in [5.74, 6) is 0.677. The number of carbonyl (C=O) groups excluding carboxylic acids is 1. The van der Waals surface area contributed by atoms with E-state index in [1.807, 2.05) is 13.8 Å². The molecule has 1 rings (SSSR count). The molecule has 0 bridgehead atoms. The van der Waals surface area contributed by atoms with E-state index < -0.39 is 5.41 Å². The molecule has 94 valence electrons. The van der Waals surface area contributed by atoms with Gasteiger partial charge in [-0.3, -0.25) is 4.79 Å². The second-order valence-electron chi connectivity index (χ2n) is 5.73. The topological polar surface area (TPSA) is 38.3 Å². The molecule has 2 atom stereocenters. The quantitative estimate of drug-likeness (QED) is 0.749. The third-order valence-corrected chi connectivity index (χ3v) is 3.51. The SMILES string of the molecule is COC(=O)C(C)(C)CNC1CCCC(C)C1. The van der Waals surface area contributed by atoms with Gasteiger partial charge in [0.25, 0.3) is 0 Å². The second-order valence-corrected chi connectivity index (χ2v) is 5.73. The predicted molar refractivity (Wildman–Crippen MR) is 65.2 cm³/mol. The summed E-state index contributed by atoms with van der Waals surface area (Å²) in [7, 11) is 1.45. The molecule has 0 aromatic heterocycles. The summed E-state index contributed by atoms with van der Waals surface area (Å²) < 4.78 is 4.80. The lowest BCUT2D eigenvalue weighted by Crippen LogP contribution is -2.43. The molecule has 1 fully saturated rings. The van der Waals surface area contributed by atoms with Crippen molar-refractivity contribution in [3.05, 3.63) is 0 Å². The standard InChI is InChI=1S/C13H25NO2/c1-10-6-5-7-11(8-10)14-9-13(2,3)12(15)16-4/h10-11,14H,5-9H2,1-4H3. The van der Waals surface area contributed by atoms with Crippen LogP contribution in [0.2, 0.25) is 0 Å². The Balaban J connectivity index is 2.35. The maximum Gasteiger partial charge on any atom is 0.312 e. The smallest absolute Gasteiger partial charge is 0.312 e. The van der Waals surface area contributed by atoms with E-state index in [0.717, 1.165) is 5.92 Å². The van der Waals surface area contributed by atoms with Gasteiger partial charge >= 0.3 is 5.97 Å². The van der Waals surface area contributed by atoms with Crippen molar-refractivity contribution in [1.82, 2.24) is 5.32 Å². The van der Waals surface area contributed by atoms with Crippen molar-refractivity contribution < 1.29 is 9.53 Å². The first-order chi connectivity index (χ1) is 7.45. The summed E-state index contributed by atoms with van der Waals surface area (Å²) in [5.41, 5.74) is -0.421. The molecule has 1 aliphatic rings. The minimum atomic E-state index is -0.421. The summed E-state index contributed by atoms with van der Waals surface area (Å²) in [6.45, 7) is 6.87. The Morgan fingerprint density at radius 1 is 1.44 bits per heavy atom. The number of nitrogens with one attached hydrogen (secondary N) is 1. The Morgan fingerprint density at radius 2 is 2.12 bits per heavy atom. The van der Waals surface area contributed by atoms with E-state index in [9.17, 15) is 4.79 Å². The van der Waals surface area contributed by atoms with E-state index in [1.165, 1.54) is 32.8 Å². The summed E-state index contributed by atoms with van der Waals surface area (Å²) in [5, 5.41) is 3.51. The lowest BCUT2D eigenvalue weighted by Gasteiger charge is -2.31. The van der Waals surface area contributed by atoms with Crippen molar-refractivity contribution in [2.45, 2.75) is 52.5 Å². The molecule has 3 nitrogen and oxygen atoms in total. The normalized spacial score (nSPS) is 26.5. The van der Waals surface area contributed by atoms with Crippen LogP contribution in [0.5, 0.6) is 0 Å². The highest BCUT2D eigenvalue weighted by Crippen LogP contribution is 2.24. The highest BCUT2D eigenvalue weighted by molar-refractivity contribution is 5.76. The first kappa shape index (κ1) is 13.5. The fraction of sp³-hybridized carbons (Fsp3) is 0.923. The fourth-order valence-electron chi connectivity index (χ4n) is 2.37. The number of ether oxygens (including phenoxy) is 1. The molecule has 1 saturated carbocycles. The van der Waals surface area contributed by atoms with Gasteiger partial charge in [-0.2, -0.15) is 0 Å². The average molecular weight is 227 g/mol. The first-order valence-electron chi connectivity index (χ1n) is 6.27. The predicted octanol–water partition coefficient (Wildman–Crippen LogP) is 2.35. The molecular weight excluding hydrogens is 202 g/mol. The van der Waals surface area contributed by atoms with Gasteiger partial charge in [0.15, 0.2) is 0 Å². The molecule has 0 radical (unpaired) electrons. The van der Waals surface area contributed by atoms with Crippen molar-refractivity contribution in [3.8, 4) is 0 Å². The van der Waals surface area contributed by atoms with E-state index in [2.05, 4.69) is 12.2 Å². The van der Waals surface area contributed by atoms with Crippen molar-refractivity contribution in [1.29, 1.82) is 0 Å². The van der Waals surface area contributed by atoms with Gasteiger partial charge in [0.2, 0.25) is 0 Å². The molecule has 0 aromatic carbocycles. The number of hydrogen-bond donors (Lipinski definition) is 1. The van der Waals surface area contributed by atoms with Gasteiger partial charge in [-0.15, -0.1) is 0 Å². The second kappa shape index (κ2) is 5.67. The minimum absolute atomic E-state index is 0.135. The molecule has 3 heteroatoms. The Labute approximate surface area is 98.9 Å². The Bertz CT molecular complexity index is 238. The summed E-state index contributed by atoms with van der Waals surface area (Å²) in [6.07, 6.45) is 5.12. The summed E-state index contributed by atoms with van der Waals surface area (Å²) in [4.78, 5) is 11.5. The Morgan fingerprint density at radius 3 is 2.69 bits per heavy atom. The van der Waals surface area contributed by atoms with Crippen molar-refractivity contribution >= 4 is 5.97 Å². The van der Waals surface area contributed by atoms with Crippen LogP contribution in [0.1, 0.15) is 46.5 Å². The average Bonchev–Trinajstić information content (AvgIpc) is 2.25. The molecule has 2 unspecified atom stereocenters. The molecule has 0 spiro atoms. The molecule has 16 heavy (non-hydrogen) atoms. The zero-order valence-corrected chi connectivity index (χ0v) is 11.0. The Kier molecular flexibility index (Phi) is 4.78. The van der Waals surface area contributed by atoms with Crippen LogP contribution in [0.15, 0.2) is 0 Å². The van der Waals surface area contributed by atoms with Crippen molar-refractivity contribution in [2.24, 2.45) is 11.3 Å². The number of esters is 1. The number of hydrogen-bond acceptors (Lipinski definition) is 3. The number of carbonyl (C=O) groups is 1. The zero-order valence-electron chi connectivity index (χ0n) is 11.0. The van der Waals surface area contributed by atoms with Crippen LogP contribution in [0.25, 0.3) is 0 Å². The zero-order chi connectivity index (χ0) is 12.2. The third kappa shape index (κ3) is 3.78. The molecule has 1 aliphatic carbocycles. The number of rotatable bonds is 4. The van der Waals surface area contributed by atoms with Gasteiger partial charge in [0.1, 0.15) is 0 Å². The van der Waals surface area contributed by atoms with Crippen LogP contribution >= 0.6 is 0 Å². The molecule has 0 aromatic rings. The lowest BCUT2D eigenvalue weighted by molar-refractivity contribution is -0.150. The van der Waals surface area contributed by atoms with Crippen LogP contribution in [0, 0.1) is 11.3 Å². The fourth-order valence-corrected chi connectivity index (χ4v) is 2.37. The highest BCUT2D eigenvalue weighted by atomic mass is 16.5. The summed E-state index contributed by atoms with van der Waals surface area (Å²) in [6, 6.07) is 0.577. The first-order valence-corrected chi connectivity index (χ1v) is 6.27. The largest absolute Gasteiger partial charge is 0.469 e. The van der Waals surface area contributed by atoms with E-state index in [-0.39, 0.29) is 5.97 Å². The van der Waals surface area contributed by atoms with Crippen molar-refractivity contribution in [3.63, 3.8) is 0 Å². The van der Waals surface area contributed by atoms with Gasteiger partial charge < -0.3 is 10.1 Å². The van der Waals surface area contributed by atoms with Gasteiger partial charge in [-0.25, -0.2) is 0 Å². The number of methoxy groups -OCH3 is 1. The molecule has 0 saturated heterocycles. The third-order valence-electron chi connectivity index (χ3n) is 3.51. The Hall–Kier alpha value is -0.570. The van der Waals surface area contributed by atoms with E-state index >= 15 is 0 Å². The highest BCUT2D eigenvalue weighted by Gasteiger charge is 2.30. The molecule has 0 aliphatic heterocycles. The van der Waals surface area contributed by atoms with E-state index in [1.54, 1.807) is 0 Å². The lowest BCUT2D eigenvalue weighted by atomic mass is 9.86. The minimum Gasteiger partial charge on any atom is -0.469 e. The molecule has 1 N–H and O–H groups in total. The van der Waals surface area contributed by atoms with Crippen molar-refractivity contribution in [2.75, 3.05) is 13.7 Å². The van der Waals surface area contributed by atoms with Crippen LogP contribution in [0.4, 0.5) is 0 Å². The molecule has 0 heterocycles. The van der Waals surface area contributed by atoms with Gasteiger partial charge in [0, 0.05) is 12.6 Å². The van der Waals surface area contributed by atoms with Crippen LogP contribution < -0.4 is 5.32 Å². The van der Waals surface area contributed by atoms with Crippen LogP contribution in [-0.2, 0) is 9.53 Å². The summed E-state index contributed by atoms with van der Waals surface area (Å²) >= 11 is 0. The monoisotopic (exact) mass is 227 g/mol. The molecular formula is C13H25NO2. The van der Waals surface area contributed by atoms with Crippen LogP contribution in [0.3, 0.4) is 0 Å². The van der Waals surface area contributed by atoms with Crippen LogP contribution in [-0.4, -0.2) is 25.7 Å². The molecule has 0 amide bonds. The maximum absolute atomic E-state index is 11.5. The maximum atomic E-state index is 11.5. The van der Waals surface area contributed by atoms with E-state index in [4.69, 9.17) is 4.74 Å².